The Bertz CT molecular complexity index is 727. The fraction of sp³-hybridized carbons (Fsp3) is 0.550. The molecule has 9 heteroatoms. The van der Waals surface area contributed by atoms with Gasteiger partial charge in [-0.3, -0.25) is 9.59 Å². The summed E-state index contributed by atoms with van der Waals surface area (Å²) in [7, 11) is 0. The molecule has 1 aliphatic rings. The average Bonchev–Trinajstić information content (AvgIpc) is 3.06. The van der Waals surface area contributed by atoms with Crippen molar-refractivity contribution in [2.24, 2.45) is 5.92 Å². The summed E-state index contributed by atoms with van der Waals surface area (Å²) in [6, 6.07) is 5.76. The third-order valence-corrected chi connectivity index (χ3v) is 4.65. The molecule has 1 fully saturated rings. The van der Waals surface area contributed by atoms with E-state index in [0.29, 0.717) is 30.0 Å². The molecular weight excluding hydrogens is 400 g/mol. The maximum atomic E-state index is 12.7. The molecule has 0 saturated carbocycles. The van der Waals surface area contributed by atoms with Crippen LogP contribution < -0.4 is 10.6 Å². The largest absolute Gasteiger partial charge is 0.445 e. The summed E-state index contributed by atoms with van der Waals surface area (Å²) in [4.78, 5) is 36.1. The zero-order valence-corrected chi connectivity index (χ0v) is 17.5. The Morgan fingerprint density at radius 3 is 2.66 bits per heavy atom. The van der Waals surface area contributed by atoms with Crippen LogP contribution in [0.1, 0.15) is 39.2 Å². The molecule has 3 atom stereocenters. The summed E-state index contributed by atoms with van der Waals surface area (Å²) >= 11 is 6.05. The molecular formula is C20H27ClN2O6. The number of rotatable bonds is 8. The van der Waals surface area contributed by atoms with Gasteiger partial charge in [0.2, 0.25) is 12.2 Å². The summed E-state index contributed by atoms with van der Waals surface area (Å²) in [5.74, 6) is -0.726. The normalized spacial score (nSPS) is 19.5. The molecule has 0 aliphatic carbocycles. The second-order valence-electron chi connectivity index (χ2n) is 7.25. The fourth-order valence-electron chi connectivity index (χ4n) is 2.91. The van der Waals surface area contributed by atoms with Crippen molar-refractivity contribution in [3.63, 3.8) is 0 Å². The van der Waals surface area contributed by atoms with E-state index in [1.165, 1.54) is 6.92 Å². The van der Waals surface area contributed by atoms with Crippen LogP contribution in [0.3, 0.4) is 0 Å². The number of benzene rings is 1. The van der Waals surface area contributed by atoms with Crippen molar-refractivity contribution in [2.75, 3.05) is 6.61 Å². The second-order valence-corrected chi connectivity index (χ2v) is 7.65. The van der Waals surface area contributed by atoms with Crippen molar-refractivity contribution >= 4 is 29.6 Å². The van der Waals surface area contributed by atoms with Crippen LogP contribution >= 0.6 is 11.6 Å². The minimum absolute atomic E-state index is 0.00743. The van der Waals surface area contributed by atoms with E-state index >= 15 is 0 Å². The predicted molar refractivity (Wildman–Crippen MR) is 106 cm³/mol. The molecule has 1 aromatic rings. The first kappa shape index (κ1) is 23.0. The summed E-state index contributed by atoms with van der Waals surface area (Å²) in [5.41, 5.74) is 0.668. The lowest BCUT2D eigenvalue weighted by molar-refractivity contribution is -0.170. The first-order valence-corrected chi connectivity index (χ1v) is 9.90. The van der Waals surface area contributed by atoms with Crippen LogP contribution in [0.25, 0.3) is 0 Å². The number of halogens is 1. The van der Waals surface area contributed by atoms with Crippen LogP contribution in [0.15, 0.2) is 24.3 Å². The van der Waals surface area contributed by atoms with E-state index in [-0.39, 0.29) is 18.4 Å². The Kier molecular flexibility index (Phi) is 8.72. The zero-order valence-electron chi connectivity index (χ0n) is 16.8. The standard InChI is InChI=1S/C20H27ClN2O6/c1-12(2)10-17(18(25)22-16-8-9-27-19(16)29-13(3)24)23-20(26)28-11-14-6-4-5-7-15(14)21/h4-7,12,16-17,19H,8-11H2,1-3H3,(H,22,25)(H,23,26)/t16-,17-,19-/m0/s1. The van der Waals surface area contributed by atoms with Crippen LogP contribution in [-0.2, 0) is 30.4 Å². The molecule has 1 aromatic carbocycles. The fourth-order valence-corrected chi connectivity index (χ4v) is 3.10. The van der Waals surface area contributed by atoms with Crippen molar-refractivity contribution in [2.45, 2.75) is 58.6 Å². The highest BCUT2D eigenvalue weighted by molar-refractivity contribution is 6.31. The van der Waals surface area contributed by atoms with Crippen LogP contribution in [0.5, 0.6) is 0 Å². The molecule has 8 nitrogen and oxygen atoms in total. The van der Waals surface area contributed by atoms with Gasteiger partial charge in [0.1, 0.15) is 12.6 Å². The molecule has 1 aliphatic heterocycles. The van der Waals surface area contributed by atoms with Gasteiger partial charge in [0, 0.05) is 17.5 Å². The Morgan fingerprint density at radius 2 is 2.00 bits per heavy atom. The van der Waals surface area contributed by atoms with E-state index in [9.17, 15) is 14.4 Å². The van der Waals surface area contributed by atoms with Gasteiger partial charge >= 0.3 is 12.1 Å². The van der Waals surface area contributed by atoms with Crippen LogP contribution in [0.2, 0.25) is 5.02 Å². The molecule has 2 rings (SSSR count). The molecule has 0 spiro atoms. The summed E-state index contributed by atoms with van der Waals surface area (Å²) in [5, 5.41) is 5.89. The molecule has 2 N–H and O–H groups in total. The van der Waals surface area contributed by atoms with Crippen LogP contribution in [0.4, 0.5) is 4.79 Å². The van der Waals surface area contributed by atoms with Crippen molar-refractivity contribution in [1.82, 2.24) is 10.6 Å². The number of hydrogen-bond donors (Lipinski definition) is 2. The van der Waals surface area contributed by atoms with Gasteiger partial charge in [-0.2, -0.15) is 0 Å². The number of ether oxygens (including phenoxy) is 3. The molecule has 29 heavy (non-hydrogen) atoms. The highest BCUT2D eigenvalue weighted by atomic mass is 35.5. The van der Waals surface area contributed by atoms with E-state index in [1.807, 2.05) is 13.8 Å². The van der Waals surface area contributed by atoms with Crippen molar-refractivity contribution in [1.29, 1.82) is 0 Å². The summed E-state index contributed by atoms with van der Waals surface area (Å²) in [6.07, 6.45) is -0.623. The van der Waals surface area contributed by atoms with Gasteiger partial charge in [0.05, 0.1) is 12.6 Å². The van der Waals surface area contributed by atoms with Crippen LogP contribution in [-0.4, -0.2) is 43.0 Å². The Balaban J connectivity index is 1.93. The predicted octanol–water partition coefficient (Wildman–Crippen LogP) is 2.78. The average molecular weight is 427 g/mol. The summed E-state index contributed by atoms with van der Waals surface area (Å²) < 4.78 is 15.6. The maximum Gasteiger partial charge on any atom is 0.408 e. The zero-order chi connectivity index (χ0) is 21.4. The van der Waals surface area contributed by atoms with Gasteiger partial charge in [-0.1, -0.05) is 43.6 Å². The maximum absolute atomic E-state index is 12.7. The van der Waals surface area contributed by atoms with E-state index < -0.39 is 30.4 Å². The second kappa shape index (κ2) is 11.0. The molecule has 2 amide bonds. The molecule has 160 valence electrons. The minimum atomic E-state index is -0.830. The molecule has 0 bridgehead atoms. The third-order valence-electron chi connectivity index (χ3n) is 4.28. The highest BCUT2D eigenvalue weighted by Crippen LogP contribution is 2.17. The minimum Gasteiger partial charge on any atom is -0.445 e. The smallest absolute Gasteiger partial charge is 0.408 e. The quantitative estimate of drug-likeness (QED) is 0.619. The topological polar surface area (TPSA) is 103 Å². The van der Waals surface area contributed by atoms with E-state index in [0.717, 1.165) is 0 Å². The monoisotopic (exact) mass is 426 g/mol. The molecule has 0 radical (unpaired) electrons. The molecule has 1 saturated heterocycles. The van der Waals surface area contributed by atoms with Gasteiger partial charge in [-0.05, 0) is 24.8 Å². The molecule has 1 heterocycles. The third kappa shape index (κ3) is 7.55. The Hall–Kier alpha value is -2.32. The Morgan fingerprint density at radius 1 is 1.28 bits per heavy atom. The number of carbonyl (C=O) groups excluding carboxylic acids is 3. The van der Waals surface area contributed by atoms with Gasteiger partial charge < -0.3 is 24.8 Å². The molecule has 0 aromatic heterocycles. The number of alkyl carbamates (subject to hydrolysis) is 1. The first-order valence-electron chi connectivity index (χ1n) is 9.52. The number of carbonyl (C=O) groups is 3. The van der Waals surface area contributed by atoms with Crippen molar-refractivity contribution in [3.8, 4) is 0 Å². The first-order chi connectivity index (χ1) is 13.8. The lowest BCUT2D eigenvalue weighted by Gasteiger charge is -2.24. The lowest BCUT2D eigenvalue weighted by atomic mass is 10.0. The lowest BCUT2D eigenvalue weighted by Crippen LogP contribution is -2.52. The summed E-state index contributed by atoms with van der Waals surface area (Å²) in [6.45, 7) is 5.52. The van der Waals surface area contributed by atoms with Gasteiger partial charge in [0.25, 0.3) is 0 Å². The Labute approximate surface area is 175 Å². The highest BCUT2D eigenvalue weighted by Gasteiger charge is 2.34. The number of esters is 1. The van der Waals surface area contributed by atoms with E-state index in [4.69, 9.17) is 25.8 Å². The van der Waals surface area contributed by atoms with Crippen molar-refractivity contribution < 1.29 is 28.6 Å². The van der Waals surface area contributed by atoms with Crippen LogP contribution in [0, 0.1) is 5.92 Å². The van der Waals surface area contributed by atoms with Gasteiger partial charge in [-0.25, -0.2) is 4.79 Å². The van der Waals surface area contributed by atoms with Crippen molar-refractivity contribution in [3.05, 3.63) is 34.9 Å². The number of hydrogen-bond acceptors (Lipinski definition) is 6. The molecule has 0 unspecified atom stereocenters. The van der Waals surface area contributed by atoms with Gasteiger partial charge in [-0.15, -0.1) is 0 Å². The van der Waals surface area contributed by atoms with E-state index in [2.05, 4.69) is 10.6 Å². The van der Waals surface area contributed by atoms with E-state index in [1.54, 1.807) is 24.3 Å². The number of nitrogens with one attached hydrogen (secondary N) is 2. The van der Waals surface area contributed by atoms with Gasteiger partial charge in [0.15, 0.2) is 0 Å². The number of amides is 2. The SMILES string of the molecule is CC(=O)O[C@@H]1OCC[C@@H]1NC(=O)[C@H](CC(C)C)NC(=O)OCc1ccccc1Cl.